The topological polar surface area (TPSA) is 81.4 Å². The molecule has 0 radical (unpaired) electrons. The fourth-order valence-corrected chi connectivity index (χ4v) is 4.11. The Bertz CT molecular complexity index is 607. The minimum Gasteiger partial charge on any atom is -0.396 e. The van der Waals surface area contributed by atoms with Crippen LogP contribution in [0.25, 0.3) is 0 Å². The number of aliphatic hydroxyl groups excluding tert-OH is 1. The number of hydrogen-bond acceptors (Lipinski definition) is 4. The zero-order valence-corrected chi connectivity index (χ0v) is 12.0. The van der Waals surface area contributed by atoms with Gasteiger partial charge in [0.1, 0.15) is 0 Å². The van der Waals surface area contributed by atoms with Gasteiger partial charge in [0.05, 0.1) is 17.4 Å². The van der Waals surface area contributed by atoms with Crippen molar-refractivity contribution in [2.75, 3.05) is 19.7 Å². The molecule has 1 aromatic carbocycles. The average molecular weight is 294 g/mol. The van der Waals surface area contributed by atoms with Gasteiger partial charge in [-0.05, 0) is 36.5 Å². The van der Waals surface area contributed by atoms with Gasteiger partial charge in [0.15, 0.2) is 0 Å². The molecular formula is C14H18N2O3S. The summed E-state index contributed by atoms with van der Waals surface area (Å²) in [7, 11) is -3.35. The minimum absolute atomic E-state index is 0.0750. The molecule has 0 saturated carbocycles. The summed E-state index contributed by atoms with van der Waals surface area (Å²) < 4.78 is 26.2. The summed E-state index contributed by atoms with van der Waals surface area (Å²) >= 11 is 0. The lowest BCUT2D eigenvalue weighted by molar-refractivity contribution is 0.259. The molecule has 1 aromatic rings. The van der Waals surface area contributed by atoms with Crippen LogP contribution in [0.2, 0.25) is 0 Å². The quantitative estimate of drug-likeness (QED) is 0.881. The fraction of sp³-hybridized carbons (Fsp3) is 0.500. The molecule has 0 aliphatic carbocycles. The first-order chi connectivity index (χ1) is 9.55. The largest absolute Gasteiger partial charge is 0.396 e. The summed E-state index contributed by atoms with van der Waals surface area (Å²) in [6, 6.07) is 8.69. The molecule has 5 nitrogen and oxygen atoms in total. The van der Waals surface area contributed by atoms with Crippen molar-refractivity contribution < 1.29 is 13.5 Å². The van der Waals surface area contributed by atoms with Gasteiger partial charge in [-0.25, -0.2) is 12.7 Å². The van der Waals surface area contributed by atoms with Crippen LogP contribution in [0.5, 0.6) is 0 Å². The van der Waals surface area contributed by atoms with Gasteiger partial charge in [-0.2, -0.15) is 5.26 Å². The Morgan fingerprint density at radius 3 is 2.95 bits per heavy atom. The monoisotopic (exact) mass is 294 g/mol. The summed E-state index contributed by atoms with van der Waals surface area (Å²) in [5.41, 5.74) is 1.10. The minimum atomic E-state index is -3.35. The second-order valence-corrected chi connectivity index (χ2v) is 7.06. The van der Waals surface area contributed by atoms with E-state index in [0.29, 0.717) is 30.6 Å². The van der Waals surface area contributed by atoms with Gasteiger partial charge in [0, 0.05) is 19.7 Å². The molecule has 108 valence electrons. The van der Waals surface area contributed by atoms with Crippen molar-refractivity contribution in [3.63, 3.8) is 0 Å². The third-order valence-corrected chi connectivity index (χ3v) is 5.40. The van der Waals surface area contributed by atoms with E-state index in [-0.39, 0.29) is 18.3 Å². The Labute approximate surface area is 119 Å². The molecule has 1 aliphatic heterocycles. The van der Waals surface area contributed by atoms with Crippen molar-refractivity contribution in [3.8, 4) is 6.07 Å². The highest BCUT2D eigenvalue weighted by molar-refractivity contribution is 7.88. The average Bonchev–Trinajstić information content (AvgIpc) is 2.88. The predicted molar refractivity (Wildman–Crippen MR) is 75.2 cm³/mol. The Kier molecular flexibility index (Phi) is 4.76. The van der Waals surface area contributed by atoms with Crippen LogP contribution in [-0.2, 0) is 15.8 Å². The lowest BCUT2D eigenvalue weighted by atomic mass is 10.1. The predicted octanol–water partition coefficient (Wildman–Crippen LogP) is 1.09. The summed E-state index contributed by atoms with van der Waals surface area (Å²) in [5.74, 6) is 0.175. The lowest BCUT2D eigenvalue weighted by Gasteiger charge is -2.16. The van der Waals surface area contributed by atoms with Crippen molar-refractivity contribution >= 4 is 10.0 Å². The molecule has 0 spiro atoms. The van der Waals surface area contributed by atoms with Crippen LogP contribution in [0.1, 0.15) is 24.0 Å². The van der Waals surface area contributed by atoms with Crippen LogP contribution in [0.3, 0.4) is 0 Å². The van der Waals surface area contributed by atoms with Crippen molar-refractivity contribution in [1.82, 2.24) is 4.31 Å². The van der Waals surface area contributed by atoms with Crippen LogP contribution in [0.4, 0.5) is 0 Å². The molecule has 0 bridgehead atoms. The third-order valence-electron chi connectivity index (χ3n) is 3.58. The maximum atomic E-state index is 12.3. The number of nitrogens with zero attached hydrogens (tertiary/aromatic N) is 2. The first-order valence-electron chi connectivity index (χ1n) is 6.63. The maximum Gasteiger partial charge on any atom is 0.218 e. The number of rotatable bonds is 5. The van der Waals surface area contributed by atoms with E-state index in [9.17, 15) is 8.42 Å². The summed E-state index contributed by atoms with van der Waals surface area (Å²) in [5, 5.41) is 17.7. The van der Waals surface area contributed by atoms with E-state index in [1.54, 1.807) is 24.3 Å². The lowest BCUT2D eigenvalue weighted by Crippen LogP contribution is -2.30. The van der Waals surface area contributed by atoms with Crippen LogP contribution in [0.15, 0.2) is 24.3 Å². The molecule has 1 N–H and O–H groups in total. The van der Waals surface area contributed by atoms with E-state index < -0.39 is 10.0 Å². The highest BCUT2D eigenvalue weighted by Gasteiger charge is 2.30. The molecule has 20 heavy (non-hydrogen) atoms. The SMILES string of the molecule is N#Cc1cccc(CS(=O)(=O)N2CCC(CCO)C2)c1. The van der Waals surface area contributed by atoms with E-state index in [2.05, 4.69) is 0 Å². The molecule has 1 heterocycles. The Morgan fingerprint density at radius 2 is 2.25 bits per heavy atom. The third kappa shape index (κ3) is 3.57. The highest BCUT2D eigenvalue weighted by Crippen LogP contribution is 2.24. The molecule has 1 aliphatic rings. The van der Waals surface area contributed by atoms with Crippen LogP contribution in [0, 0.1) is 17.2 Å². The van der Waals surface area contributed by atoms with E-state index in [0.717, 1.165) is 6.42 Å². The fourth-order valence-electron chi connectivity index (χ4n) is 2.50. The van der Waals surface area contributed by atoms with Gasteiger partial charge in [-0.15, -0.1) is 0 Å². The van der Waals surface area contributed by atoms with Gasteiger partial charge in [0.2, 0.25) is 10.0 Å². The molecular weight excluding hydrogens is 276 g/mol. The number of hydrogen-bond donors (Lipinski definition) is 1. The van der Waals surface area contributed by atoms with Crippen molar-refractivity contribution in [2.45, 2.75) is 18.6 Å². The second-order valence-electron chi connectivity index (χ2n) is 5.09. The molecule has 1 saturated heterocycles. The van der Waals surface area contributed by atoms with E-state index >= 15 is 0 Å². The second kappa shape index (κ2) is 6.35. The van der Waals surface area contributed by atoms with E-state index in [1.165, 1.54) is 4.31 Å². The zero-order valence-electron chi connectivity index (χ0n) is 11.2. The first kappa shape index (κ1) is 15.0. The van der Waals surface area contributed by atoms with Gasteiger partial charge in [-0.3, -0.25) is 0 Å². The summed E-state index contributed by atoms with van der Waals surface area (Å²) in [6.45, 7) is 1.11. The number of benzene rings is 1. The highest BCUT2D eigenvalue weighted by atomic mass is 32.2. The smallest absolute Gasteiger partial charge is 0.218 e. The van der Waals surface area contributed by atoms with Crippen molar-refractivity contribution in [1.29, 1.82) is 5.26 Å². The Morgan fingerprint density at radius 1 is 1.45 bits per heavy atom. The Balaban J connectivity index is 2.06. The zero-order chi connectivity index (χ0) is 14.6. The van der Waals surface area contributed by atoms with Gasteiger partial charge < -0.3 is 5.11 Å². The van der Waals surface area contributed by atoms with Gasteiger partial charge in [0.25, 0.3) is 0 Å². The van der Waals surface area contributed by atoms with Crippen LogP contribution in [-0.4, -0.2) is 37.5 Å². The van der Waals surface area contributed by atoms with Gasteiger partial charge in [-0.1, -0.05) is 12.1 Å². The molecule has 6 heteroatoms. The molecule has 2 rings (SSSR count). The standard InChI is InChI=1S/C14H18N2O3S/c15-9-13-2-1-3-14(8-13)11-20(18,19)16-6-4-12(10-16)5-7-17/h1-3,8,12,17H,4-7,10-11H2. The van der Waals surface area contributed by atoms with E-state index in [4.69, 9.17) is 10.4 Å². The Hall–Kier alpha value is -1.42. The molecule has 1 unspecified atom stereocenters. The number of sulfonamides is 1. The van der Waals surface area contributed by atoms with Crippen LogP contribution >= 0.6 is 0 Å². The van der Waals surface area contributed by atoms with Crippen molar-refractivity contribution in [2.24, 2.45) is 5.92 Å². The van der Waals surface area contributed by atoms with Crippen LogP contribution < -0.4 is 0 Å². The molecule has 1 fully saturated rings. The maximum absolute atomic E-state index is 12.3. The van der Waals surface area contributed by atoms with Gasteiger partial charge >= 0.3 is 0 Å². The summed E-state index contributed by atoms with van der Waals surface area (Å²) in [4.78, 5) is 0. The van der Waals surface area contributed by atoms with E-state index in [1.807, 2.05) is 6.07 Å². The normalized spacial score (nSPS) is 19.9. The summed E-state index contributed by atoms with van der Waals surface area (Å²) in [6.07, 6.45) is 1.45. The molecule has 1 atom stereocenters. The number of aliphatic hydroxyl groups is 1. The first-order valence-corrected chi connectivity index (χ1v) is 8.24. The number of nitriles is 1. The molecule has 0 amide bonds. The molecule has 0 aromatic heterocycles. The van der Waals surface area contributed by atoms with Crippen molar-refractivity contribution in [3.05, 3.63) is 35.4 Å².